The average Bonchev–Trinajstić information content (AvgIpc) is 2.60. The standard InChI is InChI=1S/C17H11Cl2FN4O/c1-2-16(25)23-9-3-4-14-10(5-9)17(22-8-21-14)24-15-7-12(19)11(18)6-13(15)20/h2-8H,1H2,(H,23,25)(H,21,22,24)/i16-1. The summed E-state index contributed by atoms with van der Waals surface area (Å²) < 4.78 is 14.1. The monoisotopic (exact) mass is 375 g/mol. The van der Waals surface area contributed by atoms with Gasteiger partial charge in [-0.05, 0) is 36.4 Å². The van der Waals surface area contributed by atoms with Gasteiger partial charge in [0.2, 0.25) is 5.91 Å². The third-order valence-corrected chi connectivity index (χ3v) is 4.07. The molecule has 3 aromatic rings. The lowest BCUT2D eigenvalue weighted by Gasteiger charge is -2.11. The van der Waals surface area contributed by atoms with Crippen LogP contribution in [0.4, 0.5) is 21.6 Å². The first kappa shape index (κ1) is 17.1. The van der Waals surface area contributed by atoms with Crippen molar-refractivity contribution in [3.8, 4) is 0 Å². The van der Waals surface area contributed by atoms with Gasteiger partial charge in [-0.25, -0.2) is 14.4 Å². The molecule has 2 aromatic carbocycles. The highest BCUT2D eigenvalue weighted by Gasteiger charge is 2.11. The van der Waals surface area contributed by atoms with Gasteiger partial charge in [-0.2, -0.15) is 0 Å². The predicted octanol–water partition coefficient (Wildman–Crippen LogP) is 4.94. The van der Waals surface area contributed by atoms with Gasteiger partial charge in [0.05, 0.1) is 21.2 Å². The number of anilines is 3. The van der Waals surface area contributed by atoms with Crippen molar-refractivity contribution < 1.29 is 9.18 Å². The van der Waals surface area contributed by atoms with Crippen LogP contribution in [-0.4, -0.2) is 15.9 Å². The molecule has 0 atom stereocenters. The SMILES string of the molecule is C=C[11C](=O)Nc1ccc2ncnc(Nc3cc(Cl)c(Cl)cc3F)c2c1. The first-order valence-electron chi connectivity index (χ1n) is 7.07. The fraction of sp³-hybridized carbons (Fsp3) is 0. The van der Waals surface area contributed by atoms with E-state index in [2.05, 4.69) is 27.2 Å². The largest absolute Gasteiger partial charge is 0.337 e. The van der Waals surface area contributed by atoms with Crippen LogP contribution in [0.5, 0.6) is 0 Å². The Hall–Kier alpha value is -2.70. The van der Waals surface area contributed by atoms with Crippen molar-refractivity contribution in [2.24, 2.45) is 0 Å². The molecule has 126 valence electrons. The smallest absolute Gasteiger partial charge is 0.247 e. The van der Waals surface area contributed by atoms with Crippen molar-refractivity contribution in [2.45, 2.75) is 0 Å². The highest BCUT2D eigenvalue weighted by atomic mass is 35.5. The van der Waals surface area contributed by atoms with E-state index < -0.39 is 5.82 Å². The Morgan fingerprint density at radius 1 is 1.16 bits per heavy atom. The Bertz CT molecular complexity index is 994. The van der Waals surface area contributed by atoms with Crippen molar-refractivity contribution in [3.63, 3.8) is 0 Å². The molecule has 0 unspecified atom stereocenters. The van der Waals surface area contributed by atoms with E-state index in [9.17, 15) is 9.18 Å². The summed E-state index contributed by atoms with van der Waals surface area (Å²) in [4.78, 5) is 19.7. The topological polar surface area (TPSA) is 66.9 Å². The van der Waals surface area contributed by atoms with E-state index in [1.54, 1.807) is 18.2 Å². The molecule has 8 heteroatoms. The zero-order valence-corrected chi connectivity index (χ0v) is 14.2. The molecule has 0 bridgehead atoms. The molecule has 0 saturated heterocycles. The van der Waals surface area contributed by atoms with Crippen LogP contribution in [0.15, 0.2) is 49.3 Å². The summed E-state index contributed by atoms with van der Waals surface area (Å²) in [6, 6.07) is 7.57. The van der Waals surface area contributed by atoms with Gasteiger partial charge in [0.25, 0.3) is 0 Å². The van der Waals surface area contributed by atoms with Gasteiger partial charge in [0.15, 0.2) is 0 Å². The molecule has 0 aliphatic rings. The van der Waals surface area contributed by atoms with Gasteiger partial charge in [0, 0.05) is 11.1 Å². The number of nitrogens with zero attached hydrogens (tertiary/aromatic N) is 2. The number of carbonyl (C=O) groups is 1. The highest BCUT2D eigenvalue weighted by Crippen LogP contribution is 2.31. The van der Waals surface area contributed by atoms with E-state index in [1.165, 1.54) is 12.4 Å². The Balaban J connectivity index is 2.03. The lowest BCUT2D eigenvalue weighted by molar-refractivity contribution is -0.111. The summed E-state index contributed by atoms with van der Waals surface area (Å²) in [5.74, 6) is -0.560. The van der Waals surface area contributed by atoms with Gasteiger partial charge in [-0.3, -0.25) is 4.79 Å². The van der Waals surface area contributed by atoms with Gasteiger partial charge in [-0.15, -0.1) is 0 Å². The first-order chi connectivity index (χ1) is 12.0. The van der Waals surface area contributed by atoms with E-state index in [0.29, 0.717) is 22.4 Å². The van der Waals surface area contributed by atoms with Crippen molar-refractivity contribution in [3.05, 3.63) is 65.2 Å². The van der Waals surface area contributed by atoms with Crippen molar-refractivity contribution in [1.82, 2.24) is 9.97 Å². The first-order valence-corrected chi connectivity index (χ1v) is 7.83. The van der Waals surface area contributed by atoms with Crippen LogP contribution in [0.3, 0.4) is 0 Å². The molecule has 0 aliphatic heterocycles. The number of rotatable bonds is 4. The second-order valence-corrected chi connectivity index (χ2v) is 5.83. The fourth-order valence-corrected chi connectivity index (χ4v) is 2.49. The van der Waals surface area contributed by atoms with E-state index in [0.717, 1.165) is 12.1 Å². The number of amides is 1. The number of aromatic nitrogens is 2. The molecule has 2 N–H and O–H groups in total. The summed E-state index contributed by atoms with van der Waals surface area (Å²) >= 11 is 11.7. The Labute approximate surface area is 152 Å². The van der Waals surface area contributed by atoms with Crippen molar-refractivity contribution in [2.75, 3.05) is 10.6 Å². The third kappa shape index (κ3) is 3.70. The van der Waals surface area contributed by atoms with Crippen LogP contribution in [0.25, 0.3) is 10.9 Å². The summed E-state index contributed by atoms with van der Waals surface area (Å²) in [7, 11) is 0. The summed E-state index contributed by atoms with van der Waals surface area (Å²) in [6.07, 6.45) is 2.51. The summed E-state index contributed by atoms with van der Waals surface area (Å²) in [5, 5.41) is 6.45. The third-order valence-electron chi connectivity index (χ3n) is 3.35. The van der Waals surface area contributed by atoms with Crippen molar-refractivity contribution in [1.29, 1.82) is 0 Å². The molecule has 1 heterocycles. The molecular formula is C17H11Cl2FN4O. The van der Waals surface area contributed by atoms with E-state index in [-0.39, 0.29) is 21.6 Å². The van der Waals surface area contributed by atoms with Gasteiger partial charge < -0.3 is 10.6 Å². The summed E-state index contributed by atoms with van der Waals surface area (Å²) in [5.41, 5.74) is 1.27. The molecule has 0 radical (unpaired) electrons. The molecule has 3 rings (SSSR count). The van der Waals surface area contributed by atoms with Gasteiger partial charge in [0.1, 0.15) is 18.0 Å². The van der Waals surface area contributed by atoms with Crippen LogP contribution in [0.1, 0.15) is 0 Å². The molecular weight excluding hydrogens is 365 g/mol. The normalized spacial score (nSPS) is 10.5. The second-order valence-electron chi connectivity index (χ2n) is 5.02. The minimum Gasteiger partial charge on any atom is -0.337 e. The van der Waals surface area contributed by atoms with Crippen LogP contribution < -0.4 is 10.6 Å². The fourth-order valence-electron chi connectivity index (χ4n) is 2.17. The zero-order valence-electron chi connectivity index (χ0n) is 12.7. The molecule has 25 heavy (non-hydrogen) atoms. The molecule has 0 aliphatic carbocycles. The summed E-state index contributed by atoms with van der Waals surface area (Å²) in [6.45, 7) is 3.40. The Kier molecular flexibility index (Phi) is 4.83. The number of carbonyl (C=O) groups excluding carboxylic acids is 1. The minimum atomic E-state index is -0.572. The van der Waals surface area contributed by atoms with Crippen LogP contribution >= 0.6 is 23.2 Å². The lowest BCUT2D eigenvalue weighted by Crippen LogP contribution is -2.07. The predicted molar refractivity (Wildman–Crippen MR) is 98.1 cm³/mol. The van der Waals surface area contributed by atoms with Crippen molar-refractivity contribution >= 4 is 57.2 Å². The van der Waals surface area contributed by atoms with Crippen LogP contribution in [-0.2, 0) is 4.79 Å². The van der Waals surface area contributed by atoms with E-state index in [4.69, 9.17) is 23.2 Å². The minimum absolute atomic E-state index is 0.117. The molecule has 0 spiro atoms. The van der Waals surface area contributed by atoms with Gasteiger partial charge >= 0.3 is 0 Å². The Morgan fingerprint density at radius 3 is 2.68 bits per heavy atom. The maximum atomic E-state index is 14.1. The molecule has 1 amide bonds. The number of fused-ring (bicyclic) bond motifs is 1. The second kappa shape index (κ2) is 7.04. The molecule has 0 fully saturated rings. The number of benzene rings is 2. The van der Waals surface area contributed by atoms with Crippen LogP contribution in [0, 0.1) is 5.82 Å². The average molecular weight is 376 g/mol. The zero-order chi connectivity index (χ0) is 18.0. The number of hydrogen-bond acceptors (Lipinski definition) is 4. The van der Waals surface area contributed by atoms with Gasteiger partial charge in [-0.1, -0.05) is 29.8 Å². The number of halogens is 3. The number of hydrogen-bond donors (Lipinski definition) is 2. The maximum Gasteiger partial charge on any atom is 0.247 e. The highest BCUT2D eigenvalue weighted by molar-refractivity contribution is 6.42. The van der Waals surface area contributed by atoms with E-state index >= 15 is 0 Å². The molecule has 5 nitrogen and oxygen atoms in total. The van der Waals surface area contributed by atoms with E-state index in [1.807, 2.05) is 0 Å². The maximum absolute atomic E-state index is 14.1. The quantitative estimate of drug-likeness (QED) is 0.500. The molecule has 1 aromatic heterocycles. The number of nitrogens with one attached hydrogen (secondary N) is 2. The molecule has 0 saturated carbocycles. The van der Waals surface area contributed by atoms with Crippen LogP contribution in [0.2, 0.25) is 10.0 Å². The lowest BCUT2D eigenvalue weighted by atomic mass is 10.0. The Morgan fingerprint density at radius 2 is 1.92 bits per heavy atom.